The van der Waals surface area contributed by atoms with Crippen LogP contribution in [0.15, 0.2) is 18.2 Å². The molecule has 0 spiro atoms. The second kappa shape index (κ2) is 6.60. The lowest BCUT2D eigenvalue weighted by Gasteiger charge is -2.32. The molecule has 1 heterocycles. The molecule has 0 saturated carbocycles. The minimum Gasteiger partial charge on any atom is -0.486 e. The summed E-state index contributed by atoms with van der Waals surface area (Å²) in [5.74, 6) is 0.779. The highest BCUT2D eigenvalue weighted by Gasteiger charge is 2.25. The van der Waals surface area contributed by atoms with Crippen molar-refractivity contribution < 1.29 is 14.4 Å². The minimum atomic E-state index is 0.335. The van der Waals surface area contributed by atoms with E-state index >= 15 is 0 Å². The van der Waals surface area contributed by atoms with E-state index in [2.05, 4.69) is 13.8 Å². The number of quaternary nitrogens is 1. The van der Waals surface area contributed by atoms with Gasteiger partial charge in [0.15, 0.2) is 0 Å². The van der Waals surface area contributed by atoms with Gasteiger partial charge in [-0.1, -0.05) is 17.7 Å². The van der Waals surface area contributed by atoms with Gasteiger partial charge in [0.05, 0.1) is 5.02 Å². The predicted molar refractivity (Wildman–Crippen MR) is 77.3 cm³/mol. The fourth-order valence-electron chi connectivity index (χ4n) is 2.62. The molecule has 2 rings (SSSR count). The van der Waals surface area contributed by atoms with E-state index in [0.717, 1.165) is 30.9 Å². The fourth-order valence-corrected chi connectivity index (χ4v) is 2.91. The molecule has 1 unspecified atom stereocenters. The van der Waals surface area contributed by atoms with Gasteiger partial charge in [0.25, 0.3) is 0 Å². The first-order valence-corrected chi connectivity index (χ1v) is 7.30. The van der Waals surface area contributed by atoms with Crippen molar-refractivity contribution in [2.75, 3.05) is 26.2 Å². The minimum absolute atomic E-state index is 0.335. The summed E-state index contributed by atoms with van der Waals surface area (Å²) in [6.45, 7) is 10.1. The maximum Gasteiger partial charge on any atom is 0.138 e. The Bertz CT molecular complexity index is 415. The first kappa shape index (κ1) is 14.6. The predicted octanol–water partition coefficient (Wildman–Crippen LogP) is 1.72. The Morgan fingerprint density at radius 2 is 2.00 bits per heavy atom. The monoisotopic (exact) mass is 284 g/mol. The Balaban J connectivity index is 1.80. The zero-order valence-corrected chi connectivity index (χ0v) is 12.7. The van der Waals surface area contributed by atoms with Gasteiger partial charge in [-0.15, -0.1) is 0 Å². The number of aryl methyl sites for hydroxylation is 1. The molecule has 1 fully saturated rings. The molecular weight excluding hydrogens is 262 g/mol. The summed E-state index contributed by atoms with van der Waals surface area (Å²) in [5.41, 5.74) is 1.15. The third-order valence-electron chi connectivity index (χ3n) is 3.42. The molecule has 0 aromatic heterocycles. The average Bonchev–Trinajstić information content (AvgIpc) is 2.30. The Hall–Kier alpha value is -0.770. The van der Waals surface area contributed by atoms with E-state index in [1.54, 1.807) is 0 Å². The Morgan fingerprint density at radius 1 is 1.32 bits per heavy atom. The smallest absolute Gasteiger partial charge is 0.138 e. The van der Waals surface area contributed by atoms with E-state index in [4.69, 9.17) is 21.1 Å². The van der Waals surface area contributed by atoms with Crippen molar-refractivity contribution in [3.63, 3.8) is 0 Å². The van der Waals surface area contributed by atoms with E-state index in [0.29, 0.717) is 23.8 Å². The van der Waals surface area contributed by atoms with Crippen molar-refractivity contribution in [3.05, 3.63) is 28.8 Å². The zero-order chi connectivity index (χ0) is 13.8. The van der Waals surface area contributed by atoms with Gasteiger partial charge in [-0.05, 0) is 38.5 Å². The molecule has 106 valence electrons. The summed E-state index contributed by atoms with van der Waals surface area (Å²) < 4.78 is 11.5. The van der Waals surface area contributed by atoms with Crippen LogP contribution < -0.4 is 9.64 Å². The summed E-state index contributed by atoms with van der Waals surface area (Å²) in [6, 6.07) is 5.90. The summed E-state index contributed by atoms with van der Waals surface area (Å²) in [5, 5.41) is 0.693. The van der Waals surface area contributed by atoms with Crippen LogP contribution in [-0.2, 0) is 4.74 Å². The highest BCUT2D eigenvalue weighted by atomic mass is 35.5. The molecule has 19 heavy (non-hydrogen) atoms. The van der Waals surface area contributed by atoms with E-state index in [-0.39, 0.29) is 0 Å². The van der Waals surface area contributed by atoms with E-state index in [9.17, 15) is 0 Å². The molecule has 3 nitrogen and oxygen atoms in total. The van der Waals surface area contributed by atoms with Crippen LogP contribution in [-0.4, -0.2) is 38.4 Å². The number of halogens is 1. The second-order valence-electron chi connectivity index (χ2n) is 5.45. The topological polar surface area (TPSA) is 22.9 Å². The van der Waals surface area contributed by atoms with Crippen LogP contribution in [0, 0.1) is 6.92 Å². The lowest BCUT2D eigenvalue weighted by atomic mass is 10.2. The highest BCUT2D eigenvalue weighted by molar-refractivity contribution is 6.32. The molecule has 4 heteroatoms. The van der Waals surface area contributed by atoms with Crippen LogP contribution in [0.25, 0.3) is 0 Å². The number of rotatable bonds is 4. The molecule has 0 bridgehead atoms. The lowest BCUT2D eigenvalue weighted by molar-refractivity contribution is -0.915. The molecule has 1 N–H and O–H groups in total. The SMILES string of the molecule is Cc1ccc(OCC[NH+]2C[C@@H](C)O[C@@H](C)C2)c(Cl)c1. The van der Waals surface area contributed by atoms with Gasteiger partial charge in [-0.2, -0.15) is 0 Å². The van der Waals surface area contributed by atoms with Crippen molar-refractivity contribution in [2.24, 2.45) is 0 Å². The Morgan fingerprint density at radius 3 is 2.63 bits per heavy atom. The number of nitrogens with one attached hydrogen (secondary N) is 1. The van der Waals surface area contributed by atoms with Crippen LogP contribution in [0.2, 0.25) is 5.02 Å². The second-order valence-corrected chi connectivity index (χ2v) is 5.86. The van der Waals surface area contributed by atoms with Crippen LogP contribution in [0.1, 0.15) is 19.4 Å². The van der Waals surface area contributed by atoms with Gasteiger partial charge in [0, 0.05) is 0 Å². The van der Waals surface area contributed by atoms with Crippen molar-refractivity contribution in [1.29, 1.82) is 0 Å². The van der Waals surface area contributed by atoms with Crippen LogP contribution >= 0.6 is 11.6 Å². The zero-order valence-electron chi connectivity index (χ0n) is 11.9. The highest BCUT2D eigenvalue weighted by Crippen LogP contribution is 2.24. The summed E-state index contributed by atoms with van der Waals surface area (Å²) >= 11 is 6.15. The molecule has 0 amide bonds. The lowest BCUT2D eigenvalue weighted by Crippen LogP contribution is -3.16. The van der Waals surface area contributed by atoms with Crippen molar-refractivity contribution in [1.82, 2.24) is 0 Å². The molecule has 0 aliphatic carbocycles. The van der Waals surface area contributed by atoms with E-state index < -0.39 is 0 Å². The van der Waals surface area contributed by atoms with E-state index in [1.807, 2.05) is 25.1 Å². The number of hydrogen-bond donors (Lipinski definition) is 1. The van der Waals surface area contributed by atoms with Gasteiger partial charge in [0.1, 0.15) is 44.2 Å². The van der Waals surface area contributed by atoms with E-state index in [1.165, 1.54) is 4.90 Å². The third kappa shape index (κ3) is 4.37. The summed E-state index contributed by atoms with van der Waals surface area (Å²) in [4.78, 5) is 1.54. The molecular formula is C15H23ClNO2+. The van der Waals surface area contributed by atoms with Crippen molar-refractivity contribution in [2.45, 2.75) is 33.0 Å². The first-order valence-electron chi connectivity index (χ1n) is 6.92. The summed E-state index contributed by atoms with van der Waals surface area (Å²) in [6.07, 6.45) is 0.670. The van der Waals surface area contributed by atoms with Gasteiger partial charge in [-0.25, -0.2) is 0 Å². The molecule has 1 aromatic carbocycles. The number of hydrogen-bond acceptors (Lipinski definition) is 2. The van der Waals surface area contributed by atoms with Crippen LogP contribution in [0.3, 0.4) is 0 Å². The average molecular weight is 285 g/mol. The largest absolute Gasteiger partial charge is 0.486 e. The fraction of sp³-hybridized carbons (Fsp3) is 0.600. The number of morpholine rings is 1. The van der Waals surface area contributed by atoms with Crippen molar-refractivity contribution >= 4 is 11.6 Å². The van der Waals surface area contributed by atoms with Crippen LogP contribution in [0.4, 0.5) is 0 Å². The van der Waals surface area contributed by atoms with Gasteiger partial charge < -0.3 is 14.4 Å². The quantitative estimate of drug-likeness (QED) is 0.910. The molecule has 3 atom stereocenters. The molecule has 1 saturated heterocycles. The third-order valence-corrected chi connectivity index (χ3v) is 3.71. The molecule has 0 radical (unpaired) electrons. The standard InChI is InChI=1S/C15H22ClNO2/c1-11-4-5-15(14(16)8-11)18-7-6-17-9-12(2)19-13(3)10-17/h4-5,8,12-13H,6-7,9-10H2,1-3H3/p+1/t12-,13+. The Labute approximate surface area is 120 Å². The summed E-state index contributed by atoms with van der Waals surface area (Å²) in [7, 11) is 0. The van der Waals surface area contributed by atoms with Crippen molar-refractivity contribution in [3.8, 4) is 5.75 Å². The number of ether oxygens (including phenoxy) is 2. The maximum absolute atomic E-state index is 6.15. The first-order chi connectivity index (χ1) is 9.04. The van der Waals surface area contributed by atoms with Crippen LogP contribution in [0.5, 0.6) is 5.75 Å². The Kier molecular flexibility index (Phi) is 5.08. The molecule has 1 aliphatic heterocycles. The number of benzene rings is 1. The van der Waals surface area contributed by atoms with Gasteiger partial charge in [0.2, 0.25) is 0 Å². The van der Waals surface area contributed by atoms with Gasteiger partial charge in [-0.3, -0.25) is 0 Å². The maximum atomic E-state index is 6.15. The molecule has 1 aliphatic rings. The molecule has 1 aromatic rings. The van der Waals surface area contributed by atoms with Gasteiger partial charge >= 0.3 is 0 Å². The normalized spacial score (nSPS) is 27.3.